The predicted octanol–water partition coefficient (Wildman–Crippen LogP) is 28.0. The minimum Gasteiger partial charge on any atom is -0.309 e. The van der Waals surface area contributed by atoms with Crippen LogP contribution in [0.2, 0.25) is 0 Å². The highest BCUT2D eigenvalue weighted by atomic mass is 15.2. The van der Waals surface area contributed by atoms with Crippen molar-refractivity contribution >= 4 is 115 Å². The molecule has 542 valence electrons. The Labute approximate surface area is 665 Å². The van der Waals surface area contributed by atoms with E-state index < -0.39 is 0 Å². The molecule has 7 nitrogen and oxygen atoms in total. The molecule has 21 aromatic rings. The van der Waals surface area contributed by atoms with E-state index in [4.69, 9.17) is 15.0 Å². The van der Waals surface area contributed by atoms with Crippen LogP contribution in [0.25, 0.3) is 182 Å². The lowest BCUT2D eigenvalue weighted by molar-refractivity contribution is 0.661. The SMILES string of the molecule is CC1(C)c2ccccc2-c2cc3c4ccccc4n(-c4ccc(N(c5ccc(-n6c7ccccc7c7cc8c(cc76)C(C)(C)c6ccccc6-8)cc5-c5nccc6ccccc56)c5ccc(-n6c7ccccc7c7cc8c(cc76)C(C)(C)c6ccccc6-8)cc5-c5nccc6ccccc56)c(-c5nccc6ccccc56)c4)c3cc21. The van der Waals surface area contributed by atoms with Gasteiger partial charge in [0.1, 0.15) is 0 Å². The van der Waals surface area contributed by atoms with Crippen LogP contribution >= 0.6 is 0 Å². The van der Waals surface area contributed by atoms with E-state index >= 15 is 0 Å². The number of anilines is 3. The van der Waals surface area contributed by atoms with Gasteiger partial charge in [-0.3, -0.25) is 15.0 Å². The molecule has 0 saturated carbocycles. The Morgan fingerprint density at radius 2 is 0.478 bits per heavy atom. The Morgan fingerprint density at radius 1 is 0.209 bits per heavy atom. The van der Waals surface area contributed by atoms with Gasteiger partial charge in [0.25, 0.3) is 0 Å². The third kappa shape index (κ3) is 9.20. The van der Waals surface area contributed by atoms with E-state index in [9.17, 15) is 0 Å². The van der Waals surface area contributed by atoms with E-state index in [0.717, 1.165) is 133 Å². The molecule has 7 heteroatoms. The molecule has 0 radical (unpaired) electrons. The molecule has 0 aliphatic heterocycles. The van der Waals surface area contributed by atoms with Gasteiger partial charge in [-0.25, -0.2) is 0 Å². The second-order valence-electron chi connectivity index (χ2n) is 33.4. The van der Waals surface area contributed by atoms with Gasteiger partial charge in [-0.2, -0.15) is 0 Å². The van der Waals surface area contributed by atoms with Gasteiger partial charge in [0.05, 0.1) is 67.2 Å². The lowest BCUT2D eigenvalue weighted by atomic mass is 9.82. The van der Waals surface area contributed by atoms with Crippen molar-refractivity contribution < 1.29 is 0 Å². The van der Waals surface area contributed by atoms with Crippen molar-refractivity contribution in [2.24, 2.45) is 0 Å². The maximum Gasteiger partial charge on any atom is 0.0802 e. The molecule has 0 N–H and O–H groups in total. The quantitative estimate of drug-likeness (QED) is 0.145. The molecule has 15 aromatic carbocycles. The number of aromatic nitrogens is 6. The third-order valence-corrected chi connectivity index (χ3v) is 26.4. The van der Waals surface area contributed by atoms with Crippen molar-refractivity contribution in [2.45, 2.75) is 57.8 Å². The zero-order valence-electron chi connectivity index (χ0n) is 64.5. The first-order valence-electron chi connectivity index (χ1n) is 40.1. The van der Waals surface area contributed by atoms with Gasteiger partial charge in [0, 0.05) is 117 Å². The smallest absolute Gasteiger partial charge is 0.0802 e. The van der Waals surface area contributed by atoms with Gasteiger partial charge in [0.2, 0.25) is 0 Å². The van der Waals surface area contributed by atoms with Crippen LogP contribution in [-0.2, 0) is 16.2 Å². The van der Waals surface area contributed by atoms with Gasteiger partial charge in [-0.15, -0.1) is 0 Å². The highest BCUT2D eigenvalue weighted by Crippen LogP contribution is 2.57. The maximum atomic E-state index is 5.63. The number of hydrogen-bond donors (Lipinski definition) is 0. The summed E-state index contributed by atoms with van der Waals surface area (Å²) in [4.78, 5) is 19.4. The zero-order chi connectivity index (χ0) is 76.5. The fourth-order valence-corrected chi connectivity index (χ4v) is 20.9. The molecule has 0 bridgehead atoms. The standard InChI is InChI=1S/C108H75N7/c1-106(2)88-37-19-13-31-73(88)79-58-82-76-34-16-22-40-94(76)112(100(82)61-91(79)106)67-43-46-97(85(55-67)103-70-28-10-7-25-64(70)49-52-109-103)115(98-47-44-68(56-86(98)104-71-29-11-8-26-65(71)50-53-110-104)113-95-41-23-17-35-77(95)83-59-80-74-32-14-20-38-89(74)107(3,4)92(80)62-101(83)113)99-48-45-69(57-87(99)105-72-30-12-9-27-66(72)51-54-111-105)114-96-42-24-18-36-78(96)84-60-81-75-33-15-21-39-90(75)108(5,6)93(81)63-102(84)114/h7-63H,1-6H3. The lowest BCUT2D eigenvalue weighted by Gasteiger charge is -2.32. The lowest BCUT2D eigenvalue weighted by Crippen LogP contribution is -2.16. The van der Waals surface area contributed by atoms with Crippen LogP contribution < -0.4 is 4.90 Å². The summed E-state index contributed by atoms with van der Waals surface area (Å²) in [5.41, 5.74) is 33.0. The van der Waals surface area contributed by atoms with Gasteiger partial charge in [-0.05, 0) is 210 Å². The average Bonchev–Trinajstić information content (AvgIpc) is 1.63. The molecule has 24 rings (SSSR count). The summed E-state index contributed by atoms with van der Waals surface area (Å²) in [6.07, 6.45) is 5.97. The van der Waals surface area contributed by atoms with Crippen LogP contribution in [0.5, 0.6) is 0 Å². The molecule has 115 heavy (non-hydrogen) atoms. The fourth-order valence-electron chi connectivity index (χ4n) is 20.9. The van der Waals surface area contributed by atoms with E-state index in [1.54, 1.807) is 0 Å². The van der Waals surface area contributed by atoms with Crippen LogP contribution in [0.4, 0.5) is 17.1 Å². The maximum absolute atomic E-state index is 5.63. The van der Waals surface area contributed by atoms with Crippen molar-refractivity contribution in [2.75, 3.05) is 4.90 Å². The second kappa shape index (κ2) is 23.9. The number of pyridine rings is 3. The topological polar surface area (TPSA) is 56.7 Å². The first-order valence-corrected chi connectivity index (χ1v) is 40.1. The largest absolute Gasteiger partial charge is 0.309 e. The van der Waals surface area contributed by atoms with Crippen molar-refractivity contribution in [3.8, 4) is 84.2 Å². The average molecular weight is 1470 g/mol. The molecular formula is C108H75N7. The van der Waals surface area contributed by atoms with Crippen molar-refractivity contribution in [3.05, 3.63) is 380 Å². The summed E-state index contributed by atoms with van der Waals surface area (Å²) >= 11 is 0. The Balaban J connectivity index is 0.832. The summed E-state index contributed by atoms with van der Waals surface area (Å²) in [7, 11) is 0. The molecule has 0 spiro atoms. The molecule has 0 unspecified atom stereocenters. The zero-order valence-corrected chi connectivity index (χ0v) is 64.5. The van der Waals surface area contributed by atoms with Crippen LogP contribution in [-0.4, -0.2) is 28.7 Å². The molecule has 0 amide bonds. The minimum absolute atomic E-state index is 0.238. The molecule has 0 atom stereocenters. The Bertz CT molecular complexity index is 7100. The highest BCUT2D eigenvalue weighted by molar-refractivity contribution is 6.16. The summed E-state index contributed by atoms with van der Waals surface area (Å²) in [5.74, 6) is 0. The Kier molecular flexibility index (Phi) is 13.6. The van der Waals surface area contributed by atoms with Crippen molar-refractivity contribution in [3.63, 3.8) is 0 Å². The molecule has 6 aromatic heterocycles. The van der Waals surface area contributed by atoms with Crippen molar-refractivity contribution in [1.29, 1.82) is 0 Å². The summed E-state index contributed by atoms with van der Waals surface area (Å²) in [5, 5.41) is 13.6. The number of nitrogens with zero attached hydrogens (tertiary/aromatic N) is 7. The van der Waals surface area contributed by atoms with Crippen LogP contribution in [0.1, 0.15) is 74.9 Å². The van der Waals surface area contributed by atoms with Gasteiger partial charge in [0.15, 0.2) is 0 Å². The Hall–Kier alpha value is -14.3. The normalized spacial score (nSPS) is 14.0. The van der Waals surface area contributed by atoms with E-state index in [-0.39, 0.29) is 16.2 Å². The van der Waals surface area contributed by atoms with Gasteiger partial charge in [-0.1, -0.05) is 242 Å². The summed E-state index contributed by atoms with van der Waals surface area (Å²) < 4.78 is 7.53. The predicted molar refractivity (Wildman–Crippen MR) is 479 cm³/mol. The van der Waals surface area contributed by atoms with Crippen LogP contribution in [0, 0.1) is 0 Å². The van der Waals surface area contributed by atoms with E-state index in [2.05, 4.69) is 388 Å². The van der Waals surface area contributed by atoms with Gasteiger partial charge >= 0.3 is 0 Å². The second-order valence-corrected chi connectivity index (χ2v) is 33.4. The number of fused-ring (bicyclic) bond motifs is 21. The number of benzene rings is 15. The fraction of sp³-hybridized carbons (Fsp3) is 0.0833. The highest BCUT2D eigenvalue weighted by Gasteiger charge is 2.40. The van der Waals surface area contributed by atoms with Gasteiger partial charge < -0.3 is 18.6 Å². The van der Waals surface area contributed by atoms with E-state index in [1.807, 2.05) is 18.6 Å². The summed E-state index contributed by atoms with van der Waals surface area (Å²) in [6.45, 7) is 14.3. The van der Waals surface area contributed by atoms with E-state index in [0.29, 0.717) is 0 Å². The Morgan fingerprint density at radius 3 is 0.791 bits per heavy atom. The summed E-state index contributed by atoms with van der Waals surface area (Å²) in [6, 6.07) is 123. The molecule has 0 saturated heterocycles. The van der Waals surface area contributed by atoms with Crippen LogP contribution in [0.3, 0.4) is 0 Å². The molecule has 6 heterocycles. The molecule has 3 aliphatic carbocycles. The first kappa shape index (κ1) is 65.4. The van der Waals surface area contributed by atoms with Crippen LogP contribution in [0.15, 0.2) is 346 Å². The monoisotopic (exact) mass is 1470 g/mol. The molecular weight excluding hydrogens is 1400 g/mol. The van der Waals surface area contributed by atoms with E-state index in [1.165, 1.54) is 99.1 Å². The molecule has 0 fully saturated rings. The number of hydrogen-bond acceptors (Lipinski definition) is 4. The number of rotatable bonds is 9. The first-order chi connectivity index (χ1) is 56.3. The number of para-hydroxylation sites is 3. The van der Waals surface area contributed by atoms with Crippen molar-refractivity contribution in [1.82, 2.24) is 28.7 Å². The minimum atomic E-state index is -0.238. The third-order valence-electron chi connectivity index (χ3n) is 26.4. The molecule has 3 aliphatic rings.